The van der Waals surface area contributed by atoms with Crippen LogP contribution in [0.2, 0.25) is 0 Å². The van der Waals surface area contributed by atoms with Crippen molar-refractivity contribution in [2.24, 2.45) is 0 Å². The van der Waals surface area contributed by atoms with E-state index in [2.05, 4.69) is 17.2 Å². The van der Waals surface area contributed by atoms with Crippen molar-refractivity contribution < 1.29 is 0 Å². The maximum atomic E-state index is 11.6. The molecule has 1 atom stereocenters. The molecule has 0 radical (unpaired) electrons. The molecule has 0 bridgehead atoms. The van der Waals surface area contributed by atoms with E-state index >= 15 is 0 Å². The number of pyridine rings is 1. The molecule has 0 aliphatic carbocycles. The average molecular weight is 202 g/mol. The van der Waals surface area contributed by atoms with Crippen LogP contribution < -0.4 is 10.9 Å². The molecule has 78 valence electrons. The van der Waals surface area contributed by atoms with E-state index in [-0.39, 0.29) is 11.6 Å². The predicted molar refractivity (Wildman–Crippen MR) is 62.0 cm³/mol. The summed E-state index contributed by atoms with van der Waals surface area (Å²) in [6.45, 7) is 2.07. The Balaban J connectivity index is 2.77. The summed E-state index contributed by atoms with van der Waals surface area (Å²) in [7, 11) is 1.91. The molecule has 0 unspecified atom stereocenters. The summed E-state index contributed by atoms with van der Waals surface area (Å²) in [5, 5.41) is 4.93. The molecule has 0 saturated heterocycles. The first-order valence-corrected chi connectivity index (χ1v) is 5.01. The van der Waals surface area contributed by atoms with Crippen molar-refractivity contribution in [2.45, 2.75) is 13.0 Å². The van der Waals surface area contributed by atoms with E-state index in [0.29, 0.717) is 0 Å². The average Bonchev–Trinajstić information content (AvgIpc) is 2.29. The van der Waals surface area contributed by atoms with Crippen LogP contribution in [0.4, 0.5) is 0 Å². The third-order valence-electron chi connectivity index (χ3n) is 2.74. The highest BCUT2D eigenvalue weighted by Crippen LogP contribution is 2.20. The van der Waals surface area contributed by atoms with Gasteiger partial charge in [0, 0.05) is 17.6 Å². The molecular weight excluding hydrogens is 188 g/mol. The van der Waals surface area contributed by atoms with Crippen LogP contribution in [0.15, 0.2) is 35.3 Å². The van der Waals surface area contributed by atoms with Gasteiger partial charge in [-0.3, -0.25) is 4.79 Å². The van der Waals surface area contributed by atoms with Gasteiger partial charge in [0.1, 0.15) is 0 Å². The fourth-order valence-electron chi connectivity index (χ4n) is 1.75. The third kappa shape index (κ3) is 1.66. The summed E-state index contributed by atoms with van der Waals surface area (Å²) in [5.74, 6) is 0. The van der Waals surface area contributed by atoms with Crippen LogP contribution in [0.25, 0.3) is 10.8 Å². The van der Waals surface area contributed by atoms with Crippen molar-refractivity contribution in [1.29, 1.82) is 0 Å². The zero-order chi connectivity index (χ0) is 10.8. The van der Waals surface area contributed by atoms with Gasteiger partial charge in [-0.25, -0.2) is 0 Å². The number of fused-ring (bicyclic) bond motifs is 1. The first kappa shape index (κ1) is 9.93. The number of benzene rings is 1. The fraction of sp³-hybridized carbons (Fsp3) is 0.250. The summed E-state index contributed by atoms with van der Waals surface area (Å²) < 4.78 is 0. The number of rotatable bonds is 2. The van der Waals surface area contributed by atoms with Gasteiger partial charge in [0.05, 0.1) is 0 Å². The fourth-order valence-corrected chi connectivity index (χ4v) is 1.75. The molecule has 2 rings (SSSR count). The molecule has 0 aliphatic rings. The molecule has 0 aliphatic heterocycles. The van der Waals surface area contributed by atoms with Crippen molar-refractivity contribution in [2.75, 3.05) is 7.05 Å². The summed E-state index contributed by atoms with van der Waals surface area (Å²) >= 11 is 0. The molecular formula is C12H14N2O. The Morgan fingerprint density at radius 3 is 2.60 bits per heavy atom. The maximum Gasteiger partial charge on any atom is 0.255 e. The second-order valence-electron chi connectivity index (χ2n) is 3.63. The lowest BCUT2D eigenvalue weighted by Gasteiger charge is -2.12. The highest BCUT2D eigenvalue weighted by Gasteiger charge is 2.08. The molecule has 1 heterocycles. The second kappa shape index (κ2) is 3.87. The summed E-state index contributed by atoms with van der Waals surface area (Å²) in [6.07, 6.45) is 1.78. The summed E-state index contributed by atoms with van der Waals surface area (Å²) in [4.78, 5) is 14.3. The Labute approximate surface area is 88.1 Å². The minimum absolute atomic E-state index is 0.0300. The number of hydrogen-bond donors (Lipinski definition) is 2. The standard InChI is InChI=1S/C12H14N2O/c1-8(13-2)11-7-14-12(15)10-6-4-3-5-9(10)11/h3-8,13H,1-2H3,(H,14,15)/t8-/m1/s1. The molecule has 3 heteroatoms. The lowest BCUT2D eigenvalue weighted by atomic mass is 10.0. The second-order valence-corrected chi connectivity index (χ2v) is 3.63. The molecule has 15 heavy (non-hydrogen) atoms. The lowest BCUT2D eigenvalue weighted by molar-refractivity contribution is 0.654. The molecule has 2 N–H and O–H groups in total. The zero-order valence-corrected chi connectivity index (χ0v) is 8.87. The molecule has 0 spiro atoms. The molecule has 0 fully saturated rings. The van der Waals surface area contributed by atoms with E-state index in [1.54, 1.807) is 6.20 Å². The maximum absolute atomic E-state index is 11.6. The van der Waals surface area contributed by atoms with E-state index < -0.39 is 0 Å². The van der Waals surface area contributed by atoms with Crippen molar-refractivity contribution >= 4 is 10.8 Å². The first-order valence-electron chi connectivity index (χ1n) is 5.01. The molecule has 1 aromatic carbocycles. The van der Waals surface area contributed by atoms with Gasteiger partial charge in [-0.1, -0.05) is 18.2 Å². The quantitative estimate of drug-likeness (QED) is 0.780. The van der Waals surface area contributed by atoms with Crippen LogP contribution in [-0.4, -0.2) is 12.0 Å². The van der Waals surface area contributed by atoms with Crippen molar-refractivity contribution in [3.8, 4) is 0 Å². The van der Waals surface area contributed by atoms with E-state index in [1.807, 2.05) is 31.3 Å². The first-order chi connectivity index (χ1) is 7.24. The molecule has 0 amide bonds. The van der Waals surface area contributed by atoms with Gasteiger partial charge in [-0.05, 0) is 31.0 Å². The van der Waals surface area contributed by atoms with Gasteiger partial charge >= 0.3 is 0 Å². The van der Waals surface area contributed by atoms with Crippen LogP contribution in [-0.2, 0) is 0 Å². The van der Waals surface area contributed by atoms with Crippen LogP contribution in [0.3, 0.4) is 0 Å². The molecule has 3 nitrogen and oxygen atoms in total. The largest absolute Gasteiger partial charge is 0.328 e. The third-order valence-corrected chi connectivity index (χ3v) is 2.74. The van der Waals surface area contributed by atoms with Crippen molar-refractivity contribution in [1.82, 2.24) is 10.3 Å². The number of nitrogens with one attached hydrogen (secondary N) is 2. The van der Waals surface area contributed by atoms with Gasteiger partial charge in [-0.2, -0.15) is 0 Å². The van der Waals surface area contributed by atoms with E-state index in [9.17, 15) is 4.79 Å². The summed E-state index contributed by atoms with van der Waals surface area (Å²) in [5.41, 5.74) is 1.09. The van der Waals surface area contributed by atoms with Crippen molar-refractivity contribution in [3.05, 3.63) is 46.4 Å². The zero-order valence-electron chi connectivity index (χ0n) is 8.87. The topological polar surface area (TPSA) is 44.9 Å². The number of aromatic amines is 1. The Morgan fingerprint density at radius 2 is 1.93 bits per heavy atom. The Bertz CT molecular complexity index is 530. The van der Waals surface area contributed by atoms with Gasteiger partial charge < -0.3 is 10.3 Å². The smallest absolute Gasteiger partial charge is 0.255 e. The van der Waals surface area contributed by atoms with Crippen molar-refractivity contribution in [3.63, 3.8) is 0 Å². The summed E-state index contributed by atoms with van der Waals surface area (Å²) in [6, 6.07) is 7.89. The van der Waals surface area contributed by atoms with Gasteiger partial charge in [0.25, 0.3) is 5.56 Å². The van der Waals surface area contributed by atoms with Crippen LogP contribution in [0.5, 0.6) is 0 Å². The number of aromatic nitrogens is 1. The molecule has 1 aromatic heterocycles. The number of hydrogen-bond acceptors (Lipinski definition) is 2. The highest BCUT2D eigenvalue weighted by atomic mass is 16.1. The van der Waals surface area contributed by atoms with Crippen LogP contribution in [0.1, 0.15) is 18.5 Å². The monoisotopic (exact) mass is 202 g/mol. The molecule has 0 saturated carbocycles. The molecule has 2 aromatic rings. The minimum atomic E-state index is -0.0300. The number of H-pyrrole nitrogens is 1. The van der Waals surface area contributed by atoms with Gasteiger partial charge in [0.2, 0.25) is 0 Å². The lowest BCUT2D eigenvalue weighted by Crippen LogP contribution is -2.16. The predicted octanol–water partition coefficient (Wildman–Crippen LogP) is 1.81. The SMILES string of the molecule is CN[C@H](C)c1c[nH]c(=O)c2ccccc12. The van der Waals surface area contributed by atoms with E-state index in [4.69, 9.17) is 0 Å². The van der Waals surface area contributed by atoms with Crippen LogP contribution >= 0.6 is 0 Å². The minimum Gasteiger partial charge on any atom is -0.328 e. The van der Waals surface area contributed by atoms with Crippen LogP contribution in [0, 0.1) is 0 Å². The van der Waals surface area contributed by atoms with E-state index in [0.717, 1.165) is 16.3 Å². The highest BCUT2D eigenvalue weighted by molar-refractivity contribution is 5.84. The van der Waals surface area contributed by atoms with Gasteiger partial charge in [-0.15, -0.1) is 0 Å². The Morgan fingerprint density at radius 1 is 1.27 bits per heavy atom. The van der Waals surface area contributed by atoms with Gasteiger partial charge in [0.15, 0.2) is 0 Å². The Kier molecular flexibility index (Phi) is 2.56. The normalized spacial score (nSPS) is 12.9. The Hall–Kier alpha value is -1.61. The van der Waals surface area contributed by atoms with E-state index in [1.165, 1.54) is 0 Å².